The Bertz CT molecular complexity index is 756. The third-order valence-electron chi connectivity index (χ3n) is 3.18. The Morgan fingerprint density at radius 2 is 1.52 bits per heavy atom. The number of amides is 1. The normalized spacial score (nSPS) is 10.2. The number of esters is 2. The predicted molar refractivity (Wildman–Crippen MR) is 89.8 cm³/mol. The Morgan fingerprint density at radius 1 is 0.960 bits per heavy atom. The molecule has 0 aliphatic carbocycles. The standard InChI is InChI=1S/C18H19NO6/c1-4-23-17(21)12-8-13(18(22)24-5-2)10-14(9-12)19-16(20)15-7-6-11(3)25-15/h6-10H,4-5H2,1-3H3,(H,19,20). The molecule has 25 heavy (non-hydrogen) atoms. The minimum atomic E-state index is -0.599. The second-order valence-electron chi connectivity index (χ2n) is 5.10. The van der Waals surface area contributed by atoms with Crippen molar-refractivity contribution in [3.8, 4) is 0 Å². The third-order valence-corrected chi connectivity index (χ3v) is 3.18. The number of rotatable bonds is 6. The topological polar surface area (TPSA) is 94.8 Å². The highest BCUT2D eigenvalue weighted by atomic mass is 16.5. The highest BCUT2D eigenvalue weighted by Gasteiger charge is 2.17. The molecule has 0 saturated heterocycles. The summed E-state index contributed by atoms with van der Waals surface area (Å²) in [5.41, 5.74) is 0.532. The van der Waals surface area contributed by atoms with Crippen molar-refractivity contribution in [2.45, 2.75) is 20.8 Å². The Balaban J connectivity index is 2.33. The van der Waals surface area contributed by atoms with Gasteiger partial charge < -0.3 is 19.2 Å². The Kier molecular flexibility index (Phi) is 5.94. The number of ether oxygens (including phenoxy) is 2. The van der Waals surface area contributed by atoms with Gasteiger partial charge in [-0.1, -0.05) is 0 Å². The molecule has 0 aliphatic heterocycles. The van der Waals surface area contributed by atoms with E-state index in [9.17, 15) is 14.4 Å². The quantitative estimate of drug-likeness (QED) is 0.808. The van der Waals surface area contributed by atoms with E-state index in [-0.39, 0.29) is 35.8 Å². The molecule has 0 radical (unpaired) electrons. The number of carbonyl (C=O) groups is 3. The van der Waals surface area contributed by atoms with Gasteiger partial charge in [0.05, 0.1) is 24.3 Å². The van der Waals surface area contributed by atoms with Crippen LogP contribution in [0.25, 0.3) is 0 Å². The van der Waals surface area contributed by atoms with Crippen molar-refractivity contribution in [1.29, 1.82) is 0 Å². The highest BCUT2D eigenvalue weighted by molar-refractivity contribution is 6.04. The fraction of sp³-hybridized carbons (Fsp3) is 0.278. The molecular weight excluding hydrogens is 326 g/mol. The van der Waals surface area contributed by atoms with Gasteiger partial charge in [-0.15, -0.1) is 0 Å². The Morgan fingerprint density at radius 3 is 1.96 bits per heavy atom. The van der Waals surface area contributed by atoms with Gasteiger partial charge in [0.2, 0.25) is 0 Å². The first-order valence-corrected chi connectivity index (χ1v) is 7.81. The molecule has 7 nitrogen and oxygen atoms in total. The van der Waals surface area contributed by atoms with Crippen LogP contribution in [0, 0.1) is 6.92 Å². The highest BCUT2D eigenvalue weighted by Crippen LogP contribution is 2.19. The van der Waals surface area contributed by atoms with E-state index in [0.29, 0.717) is 5.76 Å². The summed E-state index contributed by atoms with van der Waals surface area (Å²) in [6.45, 7) is 5.45. The van der Waals surface area contributed by atoms with E-state index in [1.165, 1.54) is 24.3 Å². The van der Waals surface area contributed by atoms with Crippen molar-refractivity contribution in [3.63, 3.8) is 0 Å². The summed E-state index contributed by atoms with van der Waals surface area (Å²) in [7, 11) is 0. The molecule has 0 aliphatic rings. The molecule has 0 unspecified atom stereocenters. The molecule has 0 atom stereocenters. The van der Waals surface area contributed by atoms with Crippen molar-refractivity contribution < 1.29 is 28.3 Å². The Hall–Kier alpha value is -3.09. The summed E-state index contributed by atoms with van der Waals surface area (Å²) < 4.78 is 15.2. The van der Waals surface area contributed by atoms with Crippen molar-refractivity contribution >= 4 is 23.5 Å². The number of aryl methyl sites for hydroxylation is 1. The van der Waals surface area contributed by atoms with Crippen LogP contribution < -0.4 is 5.32 Å². The van der Waals surface area contributed by atoms with E-state index >= 15 is 0 Å². The molecule has 0 fully saturated rings. The number of carbonyl (C=O) groups excluding carboxylic acids is 3. The van der Waals surface area contributed by atoms with E-state index in [2.05, 4.69) is 5.32 Å². The molecule has 0 spiro atoms. The number of nitrogens with one attached hydrogen (secondary N) is 1. The number of furan rings is 1. The molecule has 132 valence electrons. The van der Waals surface area contributed by atoms with Gasteiger partial charge in [-0.25, -0.2) is 9.59 Å². The van der Waals surface area contributed by atoms with Gasteiger partial charge in [0.15, 0.2) is 5.76 Å². The summed E-state index contributed by atoms with van der Waals surface area (Å²) in [5, 5.41) is 2.60. The van der Waals surface area contributed by atoms with Crippen LogP contribution in [0.2, 0.25) is 0 Å². The molecule has 1 heterocycles. The van der Waals surface area contributed by atoms with Gasteiger partial charge in [-0.3, -0.25) is 4.79 Å². The molecule has 1 amide bonds. The zero-order valence-electron chi connectivity index (χ0n) is 14.3. The fourth-order valence-electron chi connectivity index (χ4n) is 2.11. The maximum Gasteiger partial charge on any atom is 0.338 e. The Labute approximate surface area is 144 Å². The molecule has 0 saturated carbocycles. The third kappa shape index (κ3) is 4.69. The lowest BCUT2D eigenvalue weighted by molar-refractivity contribution is 0.0525. The number of hydrogen-bond donors (Lipinski definition) is 1. The number of benzene rings is 1. The average Bonchev–Trinajstić information content (AvgIpc) is 3.01. The lowest BCUT2D eigenvalue weighted by Crippen LogP contribution is -2.14. The van der Waals surface area contributed by atoms with E-state index < -0.39 is 17.8 Å². The van der Waals surface area contributed by atoms with E-state index in [4.69, 9.17) is 13.9 Å². The summed E-state index contributed by atoms with van der Waals surface area (Å²) in [5.74, 6) is -0.978. The van der Waals surface area contributed by atoms with Crippen LogP contribution >= 0.6 is 0 Å². The zero-order chi connectivity index (χ0) is 18.4. The van der Waals surface area contributed by atoms with Gasteiger partial charge >= 0.3 is 11.9 Å². The smallest absolute Gasteiger partial charge is 0.338 e. The van der Waals surface area contributed by atoms with Gasteiger partial charge in [0.25, 0.3) is 5.91 Å². The van der Waals surface area contributed by atoms with E-state index in [0.717, 1.165) is 0 Å². The van der Waals surface area contributed by atoms with Crippen LogP contribution in [0.3, 0.4) is 0 Å². The van der Waals surface area contributed by atoms with Crippen LogP contribution in [0.15, 0.2) is 34.7 Å². The minimum absolute atomic E-state index is 0.122. The lowest BCUT2D eigenvalue weighted by Gasteiger charge is -2.10. The molecule has 1 N–H and O–H groups in total. The van der Waals surface area contributed by atoms with Crippen LogP contribution in [-0.2, 0) is 9.47 Å². The molecule has 0 bridgehead atoms. The summed E-state index contributed by atoms with van der Waals surface area (Å²) in [6, 6.07) is 7.41. The molecule has 2 rings (SSSR count). The second kappa shape index (κ2) is 8.14. The lowest BCUT2D eigenvalue weighted by atomic mass is 10.1. The summed E-state index contributed by atoms with van der Waals surface area (Å²) in [4.78, 5) is 36.2. The maximum absolute atomic E-state index is 12.2. The molecule has 2 aromatic rings. The van der Waals surface area contributed by atoms with Crippen molar-refractivity contribution in [2.75, 3.05) is 18.5 Å². The monoisotopic (exact) mass is 345 g/mol. The average molecular weight is 345 g/mol. The SMILES string of the molecule is CCOC(=O)c1cc(NC(=O)c2ccc(C)o2)cc(C(=O)OCC)c1. The van der Waals surface area contributed by atoms with Gasteiger partial charge in [0.1, 0.15) is 5.76 Å². The van der Waals surface area contributed by atoms with Crippen LogP contribution in [-0.4, -0.2) is 31.1 Å². The van der Waals surface area contributed by atoms with E-state index in [1.807, 2.05) is 0 Å². The first kappa shape index (κ1) is 18.3. The first-order chi connectivity index (χ1) is 11.9. The molecule has 7 heteroatoms. The maximum atomic E-state index is 12.2. The molecule has 1 aromatic heterocycles. The predicted octanol–water partition coefficient (Wildman–Crippen LogP) is 3.19. The summed E-state index contributed by atoms with van der Waals surface area (Å²) >= 11 is 0. The van der Waals surface area contributed by atoms with E-state index in [1.54, 1.807) is 26.8 Å². The largest absolute Gasteiger partial charge is 0.462 e. The first-order valence-electron chi connectivity index (χ1n) is 7.81. The van der Waals surface area contributed by atoms with Gasteiger partial charge in [0, 0.05) is 5.69 Å². The summed E-state index contributed by atoms with van der Waals surface area (Å²) in [6.07, 6.45) is 0. The molecular formula is C18H19NO6. The van der Waals surface area contributed by atoms with Gasteiger partial charge in [-0.2, -0.15) is 0 Å². The zero-order valence-corrected chi connectivity index (χ0v) is 14.3. The van der Waals surface area contributed by atoms with Crippen LogP contribution in [0.1, 0.15) is 50.9 Å². The van der Waals surface area contributed by atoms with Crippen molar-refractivity contribution in [3.05, 3.63) is 53.0 Å². The van der Waals surface area contributed by atoms with Crippen LogP contribution in [0.4, 0.5) is 5.69 Å². The van der Waals surface area contributed by atoms with Gasteiger partial charge in [-0.05, 0) is 51.1 Å². The number of anilines is 1. The molecule has 1 aromatic carbocycles. The number of hydrogen-bond acceptors (Lipinski definition) is 6. The fourth-order valence-corrected chi connectivity index (χ4v) is 2.11. The van der Waals surface area contributed by atoms with Crippen molar-refractivity contribution in [1.82, 2.24) is 0 Å². The minimum Gasteiger partial charge on any atom is -0.462 e. The van der Waals surface area contributed by atoms with Crippen molar-refractivity contribution in [2.24, 2.45) is 0 Å². The second-order valence-corrected chi connectivity index (χ2v) is 5.10. The van der Waals surface area contributed by atoms with Crippen LogP contribution in [0.5, 0.6) is 0 Å².